The largest absolute Gasteiger partial charge is 0.335 e. The van der Waals surface area contributed by atoms with Gasteiger partial charge in [-0.3, -0.25) is 0 Å². The maximum Gasteiger partial charge on any atom is 0.108 e. The molecular weight excluding hydrogens is 186 g/mol. The van der Waals surface area contributed by atoms with E-state index in [0.29, 0.717) is 0 Å². The third-order valence-corrected chi connectivity index (χ3v) is 3.34. The van der Waals surface area contributed by atoms with Gasteiger partial charge in [-0.05, 0) is 31.7 Å². The minimum absolute atomic E-state index is 0.760. The Balaban J connectivity index is 1.91. The van der Waals surface area contributed by atoms with E-state index >= 15 is 0 Å². The molecule has 1 saturated carbocycles. The number of nitrogens with zero attached hydrogens (tertiary/aromatic N) is 2. The zero-order chi connectivity index (χ0) is 10.5. The normalized spacial score (nSPS) is 17.4. The van der Waals surface area contributed by atoms with Crippen LogP contribution in [0.3, 0.4) is 0 Å². The molecule has 2 rings (SSSR count). The van der Waals surface area contributed by atoms with Gasteiger partial charge >= 0.3 is 0 Å². The molecule has 0 radical (unpaired) electrons. The number of nitrogens with two attached hydrogens (primary N) is 1. The molecule has 1 aliphatic carbocycles. The van der Waals surface area contributed by atoms with Gasteiger partial charge in [0.1, 0.15) is 5.82 Å². The molecule has 0 bridgehead atoms. The summed E-state index contributed by atoms with van der Waals surface area (Å²) in [4.78, 5) is 4.40. The van der Waals surface area contributed by atoms with E-state index in [1.165, 1.54) is 38.1 Å². The summed E-state index contributed by atoms with van der Waals surface area (Å²) in [7, 11) is 0. The van der Waals surface area contributed by atoms with E-state index < -0.39 is 0 Å². The van der Waals surface area contributed by atoms with Crippen molar-refractivity contribution in [2.24, 2.45) is 11.7 Å². The van der Waals surface area contributed by atoms with Gasteiger partial charge in [0.2, 0.25) is 0 Å². The third-order valence-electron chi connectivity index (χ3n) is 3.34. The predicted molar refractivity (Wildman–Crippen MR) is 61.6 cm³/mol. The van der Waals surface area contributed by atoms with Gasteiger partial charge in [-0.15, -0.1) is 0 Å². The summed E-state index contributed by atoms with van der Waals surface area (Å²) in [6.45, 7) is 1.93. The van der Waals surface area contributed by atoms with Crippen LogP contribution in [0.25, 0.3) is 0 Å². The highest BCUT2D eigenvalue weighted by molar-refractivity contribution is 4.93. The summed E-state index contributed by atoms with van der Waals surface area (Å²) in [6, 6.07) is 0. The monoisotopic (exact) mass is 207 g/mol. The number of rotatable bonds is 5. The van der Waals surface area contributed by atoms with Gasteiger partial charge < -0.3 is 10.3 Å². The van der Waals surface area contributed by atoms with Crippen LogP contribution in [0, 0.1) is 5.92 Å². The molecule has 0 atom stereocenters. The Kier molecular flexibility index (Phi) is 3.78. The van der Waals surface area contributed by atoms with Gasteiger partial charge in [0.05, 0.1) is 0 Å². The fourth-order valence-electron chi connectivity index (χ4n) is 2.47. The van der Waals surface area contributed by atoms with Crippen LogP contribution in [0.15, 0.2) is 12.4 Å². The van der Waals surface area contributed by atoms with E-state index in [1.54, 1.807) is 0 Å². The lowest BCUT2D eigenvalue weighted by Crippen LogP contribution is -2.11. The molecule has 0 spiro atoms. The Morgan fingerprint density at radius 1 is 1.40 bits per heavy atom. The molecule has 0 aliphatic heterocycles. The van der Waals surface area contributed by atoms with Gasteiger partial charge in [0.25, 0.3) is 0 Å². The topological polar surface area (TPSA) is 43.8 Å². The van der Waals surface area contributed by atoms with Crippen molar-refractivity contribution in [2.45, 2.75) is 45.1 Å². The molecule has 0 aromatic carbocycles. The molecule has 1 fully saturated rings. The van der Waals surface area contributed by atoms with Crippen molar-refractivity contribution in [3.05, 3.63) is 18.2 Å². The molecule has 84 valence electrons. The van der Waals surface area contributed by atoms with Crippen molar-refractivity contribution >= 4 is 0 Å². The summed E-state index contributed by atoms with van der Waals surface area (Å²) in [5.74, 6) is 2.10. The molecular formula is C12H21N3. The molecule has 1 aliphatic rings. The summed E-state index contributed by atoms with van der Waals surface area (Å²) in [5, 5.41) is 0. The molecule has 0 saturated heterocycles. The molecule has 2 N–H and O–H groups in total. The van der Waals surface area contributed by atoms with E-state index in [1.807, 2.05) is 6.20 Å². The van der Waals surface area contributed by atoms with Crippen molar-refractivity contribution in [1.29, 1.82) is 0 Å². The number of imidazole rings is 1. The van der Waals surface area contributed by atoms with Crippen molar-refractivity contribution < 1.29 is 0 Å². The van der Waals surface area contributed by atoms with Crippen LogP contribution < -0.4 is 5.73 Å². The quantitative estimate of drug-likeness (QED) is 0.802. The summed E-state index contributed by atoms with van der Waals surface area (Å²) in [6.07, 6.45) is 11.7. The average Bonchev–Trinajstić information content (AvgIpc) is 2.87. The van der Waals surface area contributed by atoms with Gasteiger partial charge in [0, 0.05) is 25.4 Å². The van der Waals surface area contributed by atoms with Gasteiger partial charge in [0.15, 0.2) is 0 Å². The summed E-state index contributed by atoms with van der Waals surface area (Å²) < 4.78 is 2.33. The molecule has 15 heavy (non-hydrogen) atoms. The zero-order valence-corrected chi connectivity index (χ0v) is 9.36. The minimum Gasteiger partial charge on any atom is -0.335 e. The number of aryl methyl sites for hydroxylation is 1. The van der Waals surface area contributed by atoms with Crippen LogP contribution in [0.4, 0.5) is 0 Å². The number of aromatic nitrogens is 2. The van der Waals surface area contributed by atoms with Gasteiger partial charge in [-0.1, -0.05) is 12.8 Å². The lowest BCUT2D eigenvalue weighted by Gasteiger charge is -2.12. The molecule has 1 heterocycles. The summed E-state index contributed by atoms with van der Waals surface area (Å²) in [5.41, 5.74) is 5.52. The Bertz CT molecular complexity index is 287. The fourth-order valence-corrected chi connectivity index (χ4v) is 2.47. The lowest BCUT2D eigenvalue weighted by molar-refractivity contribution is 0.446. The van der Waals surface area contributed by atoms with Crippen LogP contribution in [0.1, 0.15) is 37.9 Å². The van der Waals surface area contributed by atoms with Crippen LogP contribution in [-0.4, -0.2) is 16.1 Å². The highest BCUT2D eigenvalue weighted by Crippen LogP contribution is 2.26. The molecule has 1 aromatic heterocycles. The van der Waals surface area contributed by atoms with Crippen molar-refractivity contribution in [3.63, 3.8) is 0 Å². The zero-order valence-electron chi connectivity index (χ0n) is 9.36. The highest BCUT2D eigenvalue weighted by atomic mass is 15.1. The SMILES string of the molecule is NCCCc1nccn1CC1CCCC1. The van der Waals surface area contributed by atoms with Crippen molar-refractivity contribution in [1.82, 2.24) is 9.55 Å². The molecule has 3 heteroatoms. The Labute approximate surface area is 91.7 Å². The molecule has 0 amide bonds. The molecule has 1 aromatic rings. The first-order valence-electron chi connectivity index (χ1n) is 6.10. The number of hydrogen-bond donors (Lipinski definition) is 1. The van der Waals surface area contributed by atoms with Crippen LogP contribution in [0.5, 0.6) is 0 Å². The van der Waals surface area contributed by atoms with E-state index in [2.05, 4.69) is 15.7 Å². The second-order valence-corrected chi connectivity index (χ2v) is 4.54. The summed E-state index contributed by atoms with van der Waals surface area (Å²) >= 11 is 0. The van der Waals surface area contributed by atoms with Gasteiger partial charge in [-0.25, -0.2) is 4.98 Å². The standard InChI is InChI=1S/C12H21N3/c13-7-3-6-12-14-8-9-15(12)10-11-4-1-2-5-11/h8-9,11H,1-7,10,13H2. The maximum atomic E-state index is 5.52. The maximum absolute atomic E-state index is 5.52. The fraction of sp³-hybridized carbons (Fsp3) is 0.750. The predicted octanol–water partition coefficient (Wildman–Crippen LogP) is 1.96. The lowest BCUT2D eigenvalue weighted by atomic mass is 10.1. The van der Waals surface area contributed by atoms with Crippen LogP contribution in [-0.2, 0) is 13.0 Å². The third kappa shape index (κ3) is 2.81. The second-order valence-electron chi connectivity index (χ2n) is 4.54. The first-order valence-corrected chi connectivity index (χ1v) is 6.10. The first kappa shape index (κ1) is 10.7. The van der Waals surface area contributed by atoms with E-state index in [-0.39, 0.29) is 0 Å². The van der Waals surface area contributed by atoms with E-state index in [9.17, 15) is 0 Å². The van der Waals surface area contributed by atoms with E-state index in [4.69, 9.17) is 5.73 Å². The molecule has 0 unspecified atom stereocenters. The average molecular weight is 207 g/mol. The Morgan fingerprint density at radius 3 is 2.93 bits per heavy atom. The van der Waals surface area contributed by atoms with Crippen LogP contribution >= 0.6 is 0 Å². The van der Waals surface area contributed by atoms with Crippen LogP contribution in [0.2, 0.25) is 0 Å². The second kappa shape index (κ2) is 5.31. The molecule has 3 nitrogen and oxygen atoms in total. The minimum atomic E-state index is 0.760. The Hall–Kier alpha value is -0.830. The van der Waals surface area contributed by atoms with Gasteiger partial charge in [-0.2, -0.15) is 0 Å². The first-order chi connectivity index (χ1) is 7.40. The van der Waals surface area contributed by atoms with Crippen molar-refractivity contribution in [3.8, 4) is 0 Å². The van der Waals surface area contributed by atoms with Crippen molar-refractivity contribution in [2.75, 3.05) is 6.54 Å². The number of hydrogen-bond acceptors (Lipinski definition) is 2. The van der Waals surface area contributed by atoms with E-state index in [0.717, 1.165) is 25.3 Å². The Morgan fingerprint density at radius 2 is 2.20 bits per heavy atom. The smallest absolute Gasteiger partial charge is 0.108 e. The highest BCUT2D eigenvalue weighted by Gasteiger charge is 2.16.